The van der Waals surface area contributed by atoms with E-state index >= 15 is 0 Å². The van der Waals surface area contributed by atoms with Gasteiger partial charge < -0.3 is 15.2 Å². The molecule has 0 bridgehead atoms. The maximum Gasteiger partial charge on any atom is 0.251 e. The molecule has 0 saturated heterocycles. The van der Waals surface area contributed by atoms with E-state index in [0.717, 1.165) is 26.9 Å². The number of anilines is 1. The summed E-state index contributed by atoms with van der Waals surface area (Å²) in [4.78, 5) is 25.2. The molecule has 9 heteroatoms. The number of aromatic nitrogens is 3. The van der Waals surface area contributed by atoms with Crippen LogP contribution >= 0.6 is 27.7 Å². The van der Waals surface area contributed by atoms with E-state index < -0.39 is 0 Å². The number of hydrogen-bond acceptors (Lipinski definition) is 5. The van der Waals surface area contributed by atoms with Gasteiger partial charge in [0.1, 0.15) is 0 Å². The lowest BCUT2D eigenvalue weighted by Gasteiger charge is -2.15. The number of halogens is 1. The Labute approximate surface area is 212 Å². The van der Waals surface area contributed by atoms with Gasteiger partial charge in [-0.05, 0) is 63.1 Å². The highest BCUT2D eigenvalue weighted by molar-refractivity contribution is 9.10. The Morgan fingerprint density at radius 3 is 2.50 bits per heavy atom. The van der Waals surface area contributed by atoms with Crippen LogP contribution in [0.15, 0.2) is 58.7 Å². The summed E-state index contributed by atoms with van der Waals surface area (Å²) in [5, 5.41) is 15.1. The van der Waals surface area contributed by atoms with Gasteiger partial charge in [0, 0.05) is 22.3 Å². The van der Waals surface area contributed by atoms with Gasteiger partial charge in [-0.2, -0.15) is 0 Å². The lowest BCUT2D eigenvalue weighted by molar-refractivity contribution is -0.113. The van der Waals surface area contributed by atoms with Crippen LogP contribution in [0.25, 0.3) is 0 Å². The van der Waals surface area contributed by atoms with Crippen LogP contribution in [0.2, 0.25) is 0 Å². The summed E-state index contributed by atoms with van der Waals surface area (Å²) in [7, 11) is 0. The number of hydrogen-bond donors (Lipinski definition) is 2. The fourth-order valence-electron chi connectivity index (χ4n) is 3.32. The molecule has 178 valence electrons. The third-order valence-electron chi connectivity index (χ3n) is 5.43. The van der Waals surface area contributed by atoms with Gasteiger partial charge in [0.15, 0.2) is 11.0 Å². The third-order valence-corrected chi connectivity index (χ3v) is 7.26. The van der Waals surface area contributed by atoms with Gasteiger partial charge in [0.2, 0.25) is 5.91 Å². The summed E-state index contributed by atoms with van der Waals surface area (Å²) < 4.78 is 2.87. The zero-order valence-electron chi connectivity index (χ0n) is 19.7. The summed E-state index contributed by atoms with van der Waals surface area (Å²) in [6.07, 6.45) is 1.74. The molecule has 0 aliphatic carbocycles. The lowest BCUT2D eigenvalue weighted by atomic mass is 10.1. The Morgan fingerprint density at radius 2 is 1.82 bits per heavy atom. The fourth-order valence-corrected chi connectivity index (χ4v) is 4.50. The van der Waals surface area contributed by atoms with E-state index in [1.54, 1.807) is 18.2 Å². The third kappa shape index (κ3) is 6.15. The van der Waals surface area contributed by atoms with Crippen molar-refractivity contribution in [2.45, 2.75) is 45.4 Å². The van der Waals surface area contributed by atoms with Crippen molar-refractivity contribution in [3.05, 3.63) is 81.6 Å². The molecular weight excluding hydrogens is 514 g/mol. The van der Waals surface area contributed by atoms with E-state index in [0.29, 0.717) is 23.1 Å². The number of amides is 2. The van der Waals surface area contributed by atoms with Gasteiger partial charge in [-0.3, -0.25) is 9.59 Å². The zero-order chi connectivity index (χ0) is 24.8. The van der Waals surface area contributed by atoms with Crippen LogP contribution in [-0.4, -0.2) is 32.3 Å². The Kier molecular flexibility index (Phi) is 8.68. The number of allylic oxidation sites excluding steroid dienone is 1. The van der Waals surface area contributed by atoms with Crippen LogP contribution in [0.3, 0.4) is 0 Å². The van der Waals surface area contributed by atoms with E-state index in [-0.39, 0.29) is 23.6 Å². The highest BCUT2D eigenvalue weighted by atomic mass is 79.9. The van der Waals surface area contributed by atoms with Crippen LogP contribution in [-0.2, 0) is 11.3 Å². The Hall–Kier alpha value is -2.91. The number of nitrogens with zero attached hydrogens (tertiary/aromatic N) is 3. The van der Waals surface area contributed by atoms with Crippen molar-refractivity contribution in [2.24, 2.45) is 0 Å². The molecule has 1 atom stereocenters. The molecule has 2 amide bonds. The van der Waals surface area contributed by atoms with Crippen molar-refractivity contribution in [2.75, 3.05) is 11.1 Å². The van der Waals surface area contributed by atoms with Gasteiger partial charge in [0.05, 0.1) is 11.8 Å². The van der Waals surface area contributed by atoms with Gasteiger partial charge in [0.25, 0.3) is 5.91 Å². The van der Waals surface area contributed by atoms with Crippen LogP contribution < -0.4 is 10.6 Å². The first-order chi connectivity index (χ1) is 16.2. The first kappa shape index (κ1) is 25.7. The summed E-state index contributed by atoms with van der Waals surface area (Å²) in [5.41, 5.74) is 4.56. The summed E-state index contributed by atoms with van der Waals surface area (Å²) in [5.74, 6) is 0.454. The number of aryl methyl sites for hydroxylation is 1. The molecule has 0 spiro atoms. The Bertz CT molecular complexity index is 1210. The maximum atomic E-state index is 12.6. The highest BCUT2D eigenvalue weighted by Gasteiger charge is 2.20. The van der Waals surface area contributed by atoms with E-state index in [1.807, 2.05) is 56.5 Å². The molecule has 34 heavy (non-hydrogen) atoms. The van der Waals surface area contributed by atoms with Crippen LogP contribution in [0, 0.1) is 20.8 Å². The molecular formula is C25H28BrN5O2S. The first-order valence-electron chi connectivity index (χ1n) is 10.8. The monoisotopic (exact) mass is 541 g/mol. The van der Waals surface area contributed by atoms with Crippen molar-refractivity contribution in [3.8, 4) is 0 Å². The predicted molar refractivity (Wildman–Crippen MR) is 140 cm³/mol. The summed E-state index contributed by atoms with van der Waals surface area (Å²) >= 11 is 4.80. The second kappa shape index (κ2) is 11.5. The van der Waals surface area contributed by atoms with E-state index in [2.05, 4.69) is 43.3 Å². The molecule has 0 saturated carbocycles. The lowest BCUT2D eigenvalue weighted by Crippen LogP contribution is -2.28. The second-order valence-corrected chi connectivity index (χ2v) is 9.78. The normalized spacial score (nSPS) is 11.7. The van der Waals surface area contributed by atoms with E-state index in [1.165, 1.54) is 11.8 Å². The van der Waals surface area contributed by atoms with Gasteiger partial charge in [-0.1, -0.05) is 51.5 Å². The molecule has 0 radical (unpaired) electrons. The molecule has 2 N–H and O–H groups in total. The minimum Gasteiger partial charge on any atom is -0.342 e. The fraction of sp³-hybridized carbons (Fsp3) is 0.280. The van der Waals surface area contributed by atoms with Gasteiger partial charge in [-0.25, -0.2) is 0 Å². The molecule has 1 aromatic heterocycles. The van der Waals surface area contributed by atoms with Crippen molar-refractivity contribution in [3.63, 3.8) is 0 Å². The highest BCUT2D eigenvalue weighted by Crippen LogP contribution is 2.26. The molecule has 0 fully saturated rings. The van der Waals surface area contributed by atoms with Crippen LogP contribution in [0.5, 0.6) is 0 Å². The molecule has 2 aromatic carbocycles. The zero-order valence-corrected chi connectivity index (χ0v) is 22.1. The minimum absolute atomic E-state index is 0.134. The number of rotatable bonds is 9. The SMILES string of the molecule is C=CCn1c(SCC(=O)Nc2ccc(Br)c(C)c2C)nnc1[C@H](C)NC(=O)c1ccc(C)cc1. The largest absolute Gasteiger partial charge is 0.342 e. The van der Waals surface area contributed by atoms with Gasteiger partial charge >= 0.3 is 0 Å². The van der Waals surface area contributed by atoms with E-state index in [9.17, 15) is 9.59 Å². The second-order valence-electron chi connectivity index (χ2n) is 7.98. The standard InChI is InChI=1S/C25H28BrN5O2S/c1-6-13-31-23(18(5)27-24(33)19-9-7-15(2)8-10-19)29-30-25(31)34-14-22(32)28-21-12-11-20(26)16(3)17(21)4/h6-12,18H,1,13-14H2,2-5H3,(H,27,33)(H,28,32)/t18-/m0/s1. The number of nitrogens with one attached hydrogen (secondary N) is 2. The molecule has 0 unspecified atom stereocenters. The van der Waals surface area contributed by atoms with E-state index in [4.69, 9.17) is 0 Å². The van der Waals surface area contributed by atoms with Crippen molar-refractivity contribution in [1.29, 1.82) is 0 Å². The minimum atomic E-state index is -0.377. The number of thioether (sulfide) groups is 1. The molecule has 3 aromatic rings. The molecule has 7 nitrogen and oxygen atoms in total. The molecule has 1 heterocycles. The summed E-state index contributed by atoms with van der Waals surface area (Å²) in [6.45, 7) is 12.1. The topological polar surface area (TPSA) is 88.9 Å². The molecule has 0 aliphatic rings. The molecule has 3 rings (SSSR count). The Morgan fingerprint density at radius 1 is 1.12 bits per heavy atom. The quantitative estimate of drug-likeness (QED) is 0.280. The number of benzene rings is 2. The summed E-state index contributed by atoms with van der Waals surface area (Å²) in [6, 6.07) is 10.8. The van der Waals surface area contributed by atoms with Crippen molar-refractivity contribution >= 4 is 45.2 Å². The first-order valence-corrected chi connectivity index (χ1v) is 12.6. The number of carbonyl (C=O) groups excluding carboxylic acids is 2. The number of carbonyl (C=O) groups is 2. The van der Waals surface area contributed by atoms with Crippen molar-refractivity contribution in [1.82, 2.24) is 20.1 Å². The maximum absolute atomic E-state index is 12.6. The van der Waals surface area contributed by atoms with Gasteiger partial charge in [-0.15, -0.1) is 16.8 Å². The van der Waals surface area contributed by atoms with Crippen LogP contribution in [0.1, 0.15) is 45.8 Å². The van der Waals surface area contributed by atoms with Crippen LogP contribution in [0.4, 0.5) is 5.69 Å². The molecule has 0 aliphatic heterocycles. The average Bonchev–Trinajstić information content (AvgIpc) is 3.21. The predicted octanol–water partition coefficient (Wildman–Crippen LogP) is 5.37. The smallest absolute Gasteiger partial charge is 0.251 e. The average molecular weight is 543 g/mol. The Balaban J connectivity index is 1.67. The van der Waals surface area contributed by atoms with Crippen molar-refractivity contribution < 1.29 is 9.59 Å².